The van der Waals surface area contributed by atoms with E-state index in [-0.39, 0.29) is 0 Å². The Hall–Kier alpha value is -0.540. The zero-order valence-electron chi connectivity index (χ0n) is 7.80. The summed E-state index contributed by atoms with van der Waals surface area (Å²) >= 11 is 19.6. The number of hydrogen-bond acceptors (Lipinski definition) is 2. The number of rotatable bonds is 0. The van der Waals surface area contributed by atoms with Gasteiger partial charge in [-0.2, -0.15) is 4.37 Å². The molecule has 1 aromatic carbocycles. The van der Waals surface area contributed by atoms with E-state index < -0.39 is 0 Å². The summed E-state index contributed by atoms with van der Waals surface area (Å²) in [6.07, 6.45) is 0. The Labute approximate surface area is 111 Å². The molecule has 0 radical (unpaired) electrons. The third kappa shape index (κ3) is 1.34. The van der Waals surface area contributed by atoms with Crippen molar-refractivity contribution in [3.8, 4) is 10.4 Å². The summed E-state index contributed by atoms with van der Waals surface area (Å²) in [6.45, 7) is 0. The largest absolute Gasteiger partial charge is 0.179 e. The highest BCUT2D eigenvalue weighted by Crippen LogP contribution is 2.48. The number of benzene rings is 1. The molecule has 1 aliphatic carbocycles. The van der Waals surface area contributed by atoms with Crippen molar-refractivity contribution < 1.29 is 0 Å². The second kappa shape index (κ2) is 3.74. The van der Waals surface area contributed by atoms with Crippen LogP contribution in [-0.2, 0) is 0 Å². The van der Waals surface area contributed by atoms with Crippen LogP contribution in [0.25, 0.3) is 21.2 Å². The molecule has 5 heteroatoms. The van der Waals surface area contributed by atoms with E-state index in [4.69, 9.17) is 34.8 Å². The molecular weight excluding hydrogens is 285 g/mol. The molecule has 0 unspecified atom stereocenters. The first kappa shape index (κ1) is 10.6. The standard InChI is InChI=1S/C11H4Cl3NS/c12-8-6-4-2-1-3-5(6)7-9(13)11(14)15-16-10(7)8/h1-4H. The van der Waals surface area contributed by atoms with E-state index in [1.807, 2.05) is 24.3 Å². The van der Waals surface area contributed by atoms with Crippen molar-refractivity contribution in [1.29, 1.82) is 0 Å². The van der Waals surface area contributed by atoms with Crippen LogP contribution in [0, 0.1) is 0 Å². The Kier molecular flexibility index (Phi) is 2.48. The van der Waals surface area contributed by atoms with E-state index in [0.29, 0.717) is 15.2 Å². The van der Waals surface area contributed by atoms with Crippen LogP contribution in [0.3, 0.4) is 0 Å². The second-order valence-corrected chi connectivity index (χ2v) is 5.24. The molecule has 0 aromatic heterocycles. The minimum atomic E-state index is 0.326. The fourth-order valence-electron chi connectivity index (χ4n) is 1.78. The molecule has 16 heavy (non-hydrogen) atoms. The number of nitrogens with zero attached hydrogens (tertiary/aromatic N) is 1. The molecule has 0 saturated carbocycles. The van der Waals surface area contributed by atoms with E-state index in [2.05, 4.69) is 4.37 Å². The monoisotopic (exact) mass is 287 g/mol. The highest BCUT2D eigenvalue weighted by molar-refractivity contribution is 7.10. The molecule has 0 atom stereocenters. The van der Waals surface area contributed by atoms with Gasteiger partial charge < -0.3 is 0 Å². The Morgan fingerprint density at radius 2 is 1.62 bits per heavy atom. The Morgan fingerprint density at radius 1 is 0.938 bits per heavy atom. The van der Waals surface area contributed by atoms with Crippen LogP contribution in [0.2, 0.25) is 15.2 Å². The van der Waals surface area contributed by atoms with Crippen LogP contribution in [-0.4, -0.2) is 4.37 Å². The average Bonchev–Trinajstić information content (AvgIpc) is 2.59. The van der Waals surface area contributed by atoms with Gasteiger partial charge in [-0.15, -0.1) is 0 Å². The molecule has 1 aliphatic heterocycles. The lowest BCUT2D eigenvalue weighted by molar-refractivity contribution is 1.53. The fraction of sp³-hybridized carbons (Fsp3) is 0. The lowest BCUT2D eigenvalue weighted by atomic mass is 10.2. The predicted octanol–water partition coefficient (Wildman–Crippen LogP) is 5.36. The van der Waals surface area contributed by atoms with E-state index in [0.717, 1.165) is 21.2 Å². The van der Waals surface area contributed by atoms with Crippen LogP contribution < -0.4 is 0 Å². The minimum absolute atomic E-state index is 0.326. The van der Waals surface area contributed by atoms with Gasteiger partial charge in [-0.1, -0.05) is 59.1 Å². The van der Waals surface area contributed by atoms with Crippen LogP contribution in [0.15, 0.2) is 24.3 Å². The molecule has 0 fully saturated rings. The third-order valence-corrected chi connectivity index (χ3v) is 4.68. The predicted molar refractivity (Wildman–Crippen MR) is 71.3 cm³/mol. The van der Waals surface area contributed by atoms with Crippen molar-refractivity contribution in [3.63, 3.8) is 0 Å². The molecule has 0 N–H and O–H groups in total. The first-order chi connectivity index (χ1) is 7.70. The highest BCUT2D eigenvalue weighted by Gasteiger charge is 2.22. The van der Waals surface area contributed by atoms with Gasteiger partial charge in [0, 0.05) is 10.9 Å². The first-order valence-electron chi connectivity index (χ1n) is 4.50. The van der Waals surface area contributed by atoms with Gasteiger partial charge in [0.2, 0.25) is 0 Å². The van der Waals surface area contributed by atoms with E-state index in [1.54, 1.807) is 0 Å². The second-order valence-electron chi connectivity index (χ2n) is 3.35. The molecule has 0 spiro atoms. The minimum Gasteiger partial charge on any atom is -0.179 e. The van der Waals surface area contributed by atoms with Crippen molar-refractivity contribution in [2.75, 3.05) is 0 Å². The van der Waals surface area contributed by atoms with Crippen molar-refractivity contribution in [1.82, 2.24) is 4.37 Å². The average molecular weight is 289 g/mol. The fourth-order valence-corrected chi connectivity index (χ4v) is 3.44. The van der Waals surface area contributed by atoms with E-state index in [1.165, 1.54) is 11.5 Å². The highest BCUT2D eigenvalue weighted by atomic mass is 35.5. The number of aromatic nitrogens is 1. The van der Waals surface area contributed by atoms with Gasteiger partial charge in [0.25, 0.3) is 0 Å². The van der Waals surface area contributed by atoms with Gasteiger partial charge in [-0.3, -0.25) is 0 Å². The van der Waals surface area contributed by atoms with Crippen molar-refractivity contribution in [2.45, 2.75) is 0 Å². The molecule has 0 saturated heterocycles. The molecule has 1 heterocycles. The Bertz CT molecular complexity index is 662. The van der Waals surface area contributed by atoms with Crippen LogP contribution in [0.1, 0.15) is 0 Å². The van der Waals surface area contributed by atoms with E-state index in [9.17, 15) is 0 Å². The summed E-state index contributed by atoms with van der Waals surface area (Å²) in [5.74, 6) is 0. The number of fused-ring (bicyclic) bond motifs is 3. The number of hydrogen-bond donors (Lipinski definition) is 0. The summed E-state index contributed by atoms with van der Waals surface area (Å²) < 4.78 is 4.05. The smallest absolute Gasteiger partial charge is 0.161 e. The zero-order chi connectivity index (χ0) is 11.3. The van der Waals surface area contributed by atoms with Gasteiger partial charge >= 0.3 is 0 Å². The third-order valence-electron chi connectivity index (χ3n) is 2.48. The zero-order valence-corrected chi connectivity index (χ0v) is 10.9. The maximum Gasteiger partial charge on any atom is 0.161 e. The molecule has 2 aliphatic rings. The Balaban J connectivity index is 2.61. The maximum atomic E-state index is 6.28. The molecule has 1 aromatic rings. The van der Waals surface area contributed by atoms with Crippen LogP contribution in [0.4, 0.5) is 0 Å². The van der Waals surface area contributed by atoms with Gasteiger partial charge in [-0.25, -0.2) is 0 Å². The van der Waals surface area contributed by atoms with Gasteiger partial charge in [0.1, 0.15) is 0 Å². The lowest BCUT2D eigenvalue weighted by Crippen LogP contribution is -1.79. The Morgan fingerprint density at radius 3 is 2.38 bits per heavy atom. The van der Waals surface area contributed by atoms with Gasteiger partial charge in [-0.05, 0) is 16.9 Å². The molecular formula is C11H4Cl3NS. The topological polar surface area (TPSA) is 12.9 Å². The summed E-state index contributed by atoms with van der Waals surface area (Å²) in [4.78, 5) is 0.886. The summed E-state index contributed by atoms with van der Waals surface area (Å²) in [6, 6.07) is 7.85. The SMILES string of the molecule is Clc1nsc2c(Cl)c3ccccc3c-2c1Cl. The quantitative estimate of drug-likeness (QED) is 0.542. The molecule has 3 rings (SSSR count). The normalized spacial score (nSPS) is 11.4. The molecule has 0 amide bonds. The summed E-state index contributed by atoms with van der Waals surface area (Å²) in [5.41, 5.74) is 0.896. The lowest BCUT2D eigenvalue weighted by Gasteiger charge is -2.02. The molecule has 0 bridgehead atoms. The number of halogens is 3. The van der Waals surface area contributed by atoms with Gasteiger partial charge in [0.05, 0.1) is 14.9 Å². The van der Waals surface area contributed by atoms with Gasteiger partial charge in [0.15, 0.2) is 5.15 Å². The molecule has 80 valence electrons. The van der Waals surface area contributed by atoms with Crippen molar-refractivity contribution >= 4 is 57.1 Å². The van der Waals surface area contributed by atoms with Crippen molar-refractivity contribution in [2.24, 2.45) is 0 Å². The summed E-state index contributed by atoms with van der Waals surface area (Å²) in [5, 5.41) is 3.50. The molecule has 1 nitrogen and oxygen atoms in total. The van der Waals surface area contributed by atoms with E-state index >= 15 is 0 Å². The maximum absolute atomic E-state index is 6.28. The van der Waals surface area contributed by atoms with Crippen LogP contribution in [0.5, 0.6) is 0 Å². The first-order valence-corrected chi connectivity index (χ1v) is 6.41. The summed E-state index contributed by atoms with van der Waals surface area (Å²) in [7, 11) is 0. The van der Waals surface area contributed by atoms with Crippen molar-refractivity contribution in [3.05, 3.63) is 39.5 Å². The van der Waals surface area contributed by atoms with Crippen LogP contribution >= 0.6 is 46.3 Å².